The third kappa shape index (κ3) is 0.836. The summed E-state index contributed by atoms with van der Waals surface area (Å²) in [4.78, 5) is 0. The van der Waals surface area contributed by atoms with Gasteiger partial charge >= 0.3 is 0 Å². The van der Waals surface area contributed by atoms with Crippen LogP contribution in [0.15, 0.2) is 29.8 Å². The number of aliphatic hydroxyl groups excluding tert-OH is 1. The summed E-state index contributed by atoms with van der Waals surface area (Å²) < 4.78 is 0. The van der Waals surface area contributed by atoms with Crippen molar-refractivity contribution in [3.05, 3.63) is 41.0 Å². The molecule has 16 heavy (non-hydrogen) atoms. The normalized spacial score (nSPS) is 38.4. The van der Waals surface area contributed by atoms with Gasteiger partial charge in [0.05, 0.1) is 6.10 Å². The highest BCUT2D eigenvalue weighted by Gasteiger charge is 2.65. The summed E-state index contributed by atoms with van der Waals surface area (Å²) in [7, 11) is 0. The molecular weight excluding hydrogens is 200 g/mol. The highest BCUT2D eigenvalue weighted by molar-refractivity contribution is 5.64. The number of hydrogen-bond acceptors (Lipinski definition) is 2. The molecule has 0 saturated heterocycles. The fraction of sp³-hybridized carbons (Fsp3) is 0.429. The number of fused-ring (bicyclic) bond motifs is 2. The topological polar surface area (TPSA) is 40.5 Å². The molecule has 82 valence electrons. The average Bonchev–Trinajstić information content (AvgIpc) is 2.77. The summed E-state index contributed by atoms with van der Waals surface area (Å²) in [6, 6.07) is 5.76. The van der Waals surface area contributed by atoms with Gasteiger partial charge in [-0.15, -0.1) is 0 Å². The van der Waals surface area contributed by atoms with Gasteiger partial charge in [0.1, 0.15) is 5.75 Å². The van der Waals surface area contributed by atoms with Crippen molar-refractivity contribution in [3.63, 3.8) is 0 Å². The highest BCUT2D eigenvalue weighted by Crippen LogP contribution is 2.70. The first-order chi connectivity index (χ1) is 7.72. The molecule has 1 spiro atoms. The van der Waals surface area contributed by atoms with Gasteiger partial charge in [-0.05, 0) is 48.4 Å². The second-order valence-electron chi connectivity index (χ2n) is 5.30. The maximum atomic E-state index is 9.63. The number of benzene rings is 1. The molecule has 2 unspecified atom stereocenters. The third-order valence-electron chi connectivity index (χ3n) is 4.60. The van der Waals surface area contributed by atoms with Crippen molar-refractivity contribution in [1.82, 2.24) is 0 Å². The lowest BCUT2D eigenvalue weighted by atomic mass is 9.85. The van der Waals surface area contributed by atoms with Crippen molar-refractivity contribution in [1.29, 1.82) is 0 Å². The van der Waals surface area contributed by atoms with E-state index in [1.807, 2.05) is 6.07 Å². The molecule has 1 saturated carbocycles. The van der Waals surface area contributed by atoms with E-state index >= 15 is 0 Å². The molecule has 0 heterocycles. The van der Waals surface area contributed by atoms with Gasteiger partial charge in [-0.2, -0.15) is 0 Å². The second kappa shape index (κ2) is 2.51. The number of aromatic hydroxyl groups is 1. The first kappa shape index (κ1) is 8.82. The van der Waals surface area contributed by atoms with Crippen molar-refractivity contribution in [2.75, 3.05) is 0 Å². The summed E-state index contributed by atoms with van der Waals surface area (Å²) in [5, 5.41) is 19.1. The van der Waals surface area contributed by atoms with Crippen LogP contribution in [0.3, 0.4) is 0 Å². The van der Waals surface area contributed by atoms with Crippen LogP contribution in [-0.2, 0) is 11.8 Å². The quantitative estimate of drug-likeness (QED) is 0.647. The zero-order chi connectivity index (χ0) is 10.9. The van der Waals surface area contributed by atoms with Crippen molar-refractivity contribution < 1.29 is 10.2 Å². The Morgan fingerprint density at radius 2 is 2.19 bits per heavy atom. The van der Waals surface area contributed by atoms with Gasteiger partial charge in [-0.1, -0.05) is 17.7 Å². The Kier molecular flexibility index (Phi) is 1.39. The maximum Gasteiger partial charge on any atom is 0.115 e. The van der Waals surface area contributed by atoms with Crippen LogP contribution < -0.4 is 0 Å². The number of hydrogen-bond donors (Lipinski definition) is 2. The van der Waals surface area contributed by atoms with Crippen molar-refractivity contribution in [2.24, 2.45) is 5.92 Å². The minimum absolute atomic E-state index is 0.230. The first-order valence-corrected chi connectivity index (χ1v) is 5.94. The van der Waals surface area contributed by atoms with Crippen LogP contribution in [0.4, 0.5) is 0 Å². The van der Waals surface area contributed by atoms with Crippen LogP contribution in [0.25, 0.3) is 0 Å². The van der Waals surface area contributed by atoms with Crippen LogP contribution >= 0.6 is 0 Å². The van der Waals surface area contributed by atoms with E-state index in [1.165, 1.54) is 16.7 Å². The van der Waals surface area contributed by atoms with Gasteiger partial charge in [-0.25, -0.2) is 0 Å². The van der Waals surface area contributed by atoms with E-state index in [1.54, 1.807) is 6.07 Å². The summed E-state index contributed by atoms with van der Waals surface area (Å²) in [5.41, 5.74) is 4.40. The van der Waals surface area contributed by atoms with Crippen LogP contribution in [0.1, 0.15) is 24.0 Å². The maximum absolute atomic E-state index is 9.63. The summed E-state index contributed by atoms with van der Waals surface area (Å²) in [6.07, 6.45) is 4.82. The third-order valence-corrected chi connectivity index (χ3v) is 4.60. The standard InChI is InChI=1S/C14H14O2/c15-9-1-2-11-8(5-9)6-12-13-7-10(16)3-4-14(11,12)13/h1-2,5,7,10,12,15-16H,3-4,6H2/t10?,12?,14-/m0/s1. The SMILES string of the molecule is Oc1ccc2c(c1)CC1C3=CC(O)CC[C@]321. The Bertz CT molecular complexity index is 517. The number of allylic oxidation sites excluding steroid dienone is 1. The van der Waals surface area contributed by atoms with Crippen LogP contribution in [0.5, 0.6) is 5.75 Å². The van der Waals surface area contributed by atoms with Crippen molar-refractivity contribution in [3.8, 4) is 5.75 Å². The van der Waals surface area contributed by atoms with Crippen molar-refractivity contribution >= 4 is 0 Å². The molecule has 4 rings (SSSR count). The Hall–Kier alpha value is -1.28. The minimum Gasteiger partial charge on any atom is -0.508 e. The fourth-order valence-electron chi connectivity index (χ4n) is 3.89. The monoisotopic (exact) mass is 214 g/mol. The number of aliphatic hydroxyl groups is 1. The van der Waals surface area contributed by atoms with Crippen LogP contribution in [0, 0.1) is 5.92 Å². The predicted molar refractivity (Wildman–Crippen MR) is 60.3 cm³/mol. The van der Waals surface area contributed by atoms with Crippen molar-refractivity contribution in [2.45, 2.75) is 30.8 Å². The van der Waals surface area contributed by atoms with E-state index in [0.717, 1.165) is 19.3 Å². The molecule has 2 heteroatoms. The van der Waals surface area contributed by atoms with Gasteiger partial charge < -0.3 is 10.2 Å². The van der Waals surface area contributed by atoms with Gasteiger partial charge in [0.15, 0.2) is 0 Å². The average molecular weight is 214 g/mol. The van der Waals surface area contributed by atoms with E-state index in [0.29, 0.717) is 11.7 Å². The highest BCUT2D eigenvalue weighted by atomic mass is 16.3. The lowest BCUT2D eigenvalue weighted by molar-refractivity contribution is 0.199. The molecule has 1 aromatic rings. The second-order valence-corrected chi connectivity index (χ2v) is 5.30. The molecule has 2 nitrogen and oxygen atoms in total. The molecule has 3 aliphatic rings. The zero-order valence-electron chi connectivity index (χ0n) is 8.98. The summed E-state index contributed by atoms with van der Waals surface area (Å²) >= 11 is 0. The van der Waals surface area contributed by atoms with E-state index in [9.17, 15) is 10.2 Å². The van der Waals surface area contributed by atoms with E-state index in [4.69, 9.17) is 0 Å². The van der Waals surface area contributed by atoms with Crippen LogP contribution in [-0.4, -0.2) is 16.3 Å². The molecule has 0 aromatic heterocycles. The predicted octanol–water partition coefficient (Wildman–Crippen LogP) is 1.90. The smallest absolute Gasteiger partial charge is 0.115 e. The lowest BCUT2D eigenvalue weighted by Gasteiger charge is -2.21. The fourth-order valence-corrected chi connectivity index (χ4v) is 3.89. The number of phenols is 1. The molecule has 0 radical (unpaired) electrons. The molecule has 1 aromatic carbocycles. The molecule has 1 fully saturated rings. The van der Waals surface area contributed by atoms with Gasteiger partial charge in [0.25, 0.3) is 0 Å². The summed E-state index contributed by atoms with van der Waals surface area (Å²) in [6.45, 7) is 0. The first-order valence-electron chi connectivity index (χ1n) is 5.94. The summed E-state index contributed by atoms with van der Waals surface area (Å²) in [5.74, 6) is 0.985. The van der Waals surface area contributed by atoms with E-state index in [-0.39, 0.29) is 11.5 Å². The number of rotatable bonds is 0. The molecule has 0 amide bonds. The zero-order valence-corrected chi connectivity index (χ0v) is 8.98. The molecule has 3 aliphatic carbocycles. The molecule has 3 atom stereocenters. The largest absolute Gasteiger partial charge is 0.508 e. The van der Waals surface area contributed by atoms with E-state index in [2.05, 4.69) is 12.1 Å². The minimum atomic E-state index is -0.230. The Morgan fingerprint density at radius 3 is 3.06 bits per heavy atom. The van der Waals surface area contributed by atoms with Crippen LogP contribution in [0.2, 0.25) is 0 Å². The molecule has 0 bridgehead atoms. The Labute approximate surface area is 94.2 Å². The van der Waals surface area contributed by atoms with E-state index < -0.39 is 0 Å². The Balaban J connectivity index is 1.88. The molecule has 2 N–H and O–H groups in total. The van der Waals surface area contributed by atoms with Gasteiger partial charge in [0.2, 0.25) is 0 Å². The molecule has 0 aliphatic heterocycles. The number of phenolic OH excluding ortho intramolecular Hbond substituents is 1. The van der Waals surface area contributed by atoms with Gasteiger partial charge in [0, 0.05) is 5.41 Å². The van der Waals surface area contributed by atoms with Gasteiger partial charge in [-0.3, -0.25) is 0 Å². The Morgan fingerprint density at radius 1 is 1.31 bits per heavy atom. The lowest BCUT2D eigenvalue weighted by Crippen LogP contribution is -2.16. The molecular formula is C14H14O2.